The molecule has 1 aliphatic rings. The lowest BCUT2D eigenvalue weighted by Gasteiger charge is -2.35. The second-order valence-electron chi connectivity index (χ2n) is 7.02. The van der Waals surface area contributed by atoms with E-state index in [0.717, 1.165) is 32.5 Å². The van der Waals surface area contributed by atoms with Crippen molar-refractivity contribution in [2.75, 3.05) is 13.1 Å². The molecule has 1 N–H and O–H groups in total. The molecule has 1 fully saturated rings. The largest absolute Gasteiger partial charge is 0.351 e. The molecular formula is C17H30N4O. The first-order valence-corrected chi connectivity index (χ1v) is 8.47. The molecule has 2 heterocycles. The van der Waals surface area contributed by atoms with Gasteiger partial charge in [0.25, 0.3) is 0 Å². The Hall–Kier alpha value is -1.36. The minimum atomic E-state index is 0.157. The van der Waals surface area contributed by atoms with Gasteiger partial charge in [-0.3, -0.25) is 4.79 Å². The lowest BCUT2D eigenvalue weighted by atomic mass is 9.94. The third-order valence-electron chi connectivity index (χ3n) is 4.73. The van der Waals surface area contributed by atoms with Crippen LogP contribution in [0.2, 0.25) is 0 Å². The van der Waals surface area contributed by atoms with Crippen LogP contribution in [0, 0.1) is 11.8 Å². The molecule has 1 saturated heterocycles. The number of rotatable bonds is 6. The van der Waals surface area contributed by atoms with Crippen molar-refractivity contribution in [3.63, 3.8) is 0 Å². The van der Waals surface area contributed by atoms with E-state index in [4.69, 9.17) is 0 Å². The number of carbonyl (C=O) groups is 1. The van der Waals surface area contributed by atoms with Crippen molar-refractivity contribution in [3.8, 4) is 0 Å². The van der Waals surface area contributed by atoms with Crippen LogP contribution in [0.15, 0.2) is 18.7 Å². The zero-order valence-electron chi connectivity index (χ0n) is 14.3. The molecule has 0 aliphatic carbocycles. The first kappa shape index (κ1) is 17.0. The molecule has 2 rings (SSSR count). The fourth-order valence-corrected chi connectivity index (χ4v) is 3.02. The highest BCUT2D eigenvalue weighted by molar-refractivity contribution is 5.79. The molecular weight excluding hydrogens is 276 g/mol. The Bertz CT molecular complexity index is 447. The van der Waals surface area contributed by atoms with Crippen molar-refractivity contribution in [3.05, 3.63) is 18.7 Å². The number of likely N-dealkylation sites (tertiary alicyclic amines) is 1. The van der Waals surface area contributed by atoms with Gasteiger partial charge in [-0.25, -0.2) is 4.98 Å². The number of hydrogen-bond donors (Lipinski definition) is 1. The average molecular weight is 306 g/mol. The fourth-order valence-electron chi connectivity index (χ4n) is 3.02. The predicted octanol–water partition coefficient (Wildman–Crippen LogP) is 2.14. The number of hydrogen-bond acceptors (Lipinski definition) is 3. The third-order valence-corrected chi connectivity index (χ3v) is 4.73. The summed E-state index contributed by atoms with van der Waals surface area (Å²) in [7, 11) is 0. The molecule has 1 atom stereocenters. The van der Waals surface area contributed by atoms with Crippen LogP contribution in [0.5, 0.6) is 0 Å². The van der Waals surface area contributed by atoms with E-state index >= 15 is 0 Å². The maximum Gasteiger partial charge on any atom is 0.223 e. The van der Waals surface area contributed by atoms with Crippen LogP contribution in [-0.2, 0) is 11.3 Å². The zero-order valence-corrected chi connectivity index (χ0v) is 14.3. The molecule has 124 valence electrons. The van der Waals surface area contributed by atoms with E-state index in [-0.39, 0.29) is 17.9 Å². The van der Waals surface area contributed by atoms with Crippen molar-refractivity contribution in [1.29, 1.82) is 0 Å². The monoisotopic (exact) mass is 306 g/mol. The highest BCUT2D eigenvalue weighted by Gasteiger charge is 2.28. The van der Waals surface area contributed by atoms with Crippen LogP contribution in [0.3, 0.4) is 0 Å². The molecule has 0 radical (unpaired) electrons. The van der Waals surface area contributed by atoms with Gasteiger partial charge in [0.15, 0.2) is 0 Å². The molecule has 0 spiro atoms. The van der Waals surface area contributed by atoms with Crippen LogP contribution in [-0.4, -0.2) is 45.5 Å². The van der Waals surface area contributed by atoms with Crippen molar-refractivity contribution in [1.82, 2.24) is 19.8 Å². The van der Waals surface area contributed by atoms with Crippen molar-refractivity contribution in [2.24, 2.45) is 11.8 Å². The maximum absolute atomic E-state index is 12.6. The lowest BCUT2D eigenvalue weighted by Crippen LogP contribution is -2.47. The van der Waals surface area contributed by atoms with Crippen molar-refractivity contribution in [2.45, 2.75) is 59.2 Å². The second kappa shape index (κ2) is 7.77. The van der Waals surface area contributed by atoms with E-state index in [2.05, 4.69) is 42.9 Å². The molecule has 5 heteroatoms. The number of aromatic nitrogens is 2. The maximum atomic E-state index is 12.6. The van der Waals surface area contributed by atoms with Crippen LogP contribution in [0.4, 0.5) is 0 Å². The Morgan fingerprint density at radius 1 is 1.27 bits per heavy atom. The molecule has 1 unspecified atom stereocenters. The number of amides is 1. The first-order chi connectivity index (χ1) is 10.5. The molecule has 1 aliphatic heterocycles. The molecule has 1 aromatic heterocycles. The molecule has 22 heavy (non-hydrogen) atoms. The fraction of sp³-hybridized carbons (Fsp3) is 0.765. The molecule has 0 aromatic carbocycles. The quantitative estimate of drug-likeness (QED) is 0.876. The zero-order chi connectivity index (χ0) is 16.1. The summed E-state index contributed by atoms with van der Waals surface area (Å²) in [5, 5.41) is 3.26. The molecule has 1 aromatic rings. The van der Waals surface area contributed by atoms with Gasteiger partial charge in [-0.1, -0.05) is 13.8 Å². The number of piperidine rings is 1. The van der Waals surface area contributed by atoms with Crippen LogP contribution in [0.1, 0.15) is 40.5 Å². The van der Waals surface area contributed by atoms with Crippen LogP contribution >= 0.6 is 0 Å². The SMILES string of the molecule is CC(C)C(Cn1ccnc1)NC(=O)C1CCN(C(C)C)CC1. The molecule has 0 bridgehead atoms. The summed E-state index contributed by atoms with van der Waals surface area (Å²) in [4.78, 5) is 19.1. The summed E-state index contributed by atoms with van der Waals surface area (Å²) in [6.45, 7) is 11.6. The summed E-state index contributed by atoms with van der Waals surface area (Å²) >= 11 is 0. The standard InChI is InChI=1S/C17H30N4O/c1-13(2)16(11-20-10-7-18-12-20)19-17(22)15-5-8-21(9-6-15)14(3)4/h7,10,12-16H,5-6,8-9,11H2,1-4H3,(H,19,22). The van der Waals surface area contributed by atoms with Gasteiger partial charge in [-0.2, -0.15) is 0 Å². The Kier molecular flexibility index (Phi) is 6.00. The Labute approximate surface area is 134 Å². The van der Waals surface area contributed by atoms with Crippen molar-refractivity contribution < 1.29 is 4.79 Å². The number of nitrogens with zero attached hydrogens (tertiary/aromatic N) is 3. The summed E-state index contributed by atoms with van der Waals surface area (Å²) < 4.78 is 2.03. The van der Waals surface area contributed by atoms with Gasteiger partial charge < -0.3 is 14.8 Å². The summed E-state index contributed by atoms with van der Waals surface area (Å²) in [5.74, 6) is 0.795. The average Bonchev–Trinajstić information content (AvgIpc) is 2.99. The van der Waals surface area contributed by atoms with Crippen LogP contribution < -0.4 is 5.32 Å². The molecule has 1 amide bonds. The minimum absolute atomic E-state index is 0.157. The van der Waals surface area contributed by atoms with Gasteiger partial charge in [0.2, 0.25) is 5.91 Å². The third kappa shape index (κ3) is 4.57. The van der Waals surface area contributed by atoms with Gasteiger partial charge in [-0.15, -0.1) is 0 Å². The van der Waals surface area contributed by atoms with Gasteiger partial charge in [0.1, 0.15) is 0 Å². The highest BCUT2D eigenvalue weighted by atomic mass is 16.2. The van der Waals surface area contributed by atoms with E-state index in [0.29, 0.717) is 12.0 Å². The molecule has 5 nitrogen and oxygen atoms in total. The van der Waals surface area contributed by atoms with E-state index in [1.165, 1.54) is 0 Å². The Balaban J connectivity index is 1.86. The van der Waals surface area contributed by atoms with Gasteiger partial charge in [0, 0.05) is 36.9 Å². The minimum Gasteiger partial charge on any atom is -0.351 e. The first-order valence-electron chi connectivity index (χ1n) is 8.47. The Morgan fingerprint density at radius 2 is 1.95 bits per heavy atom. The van der Waals surface area contributed by atoms with Crippen molar-refractivity contribution >= 4 is 5.91 Å². The van der Waals surface area contributed by atoms with Gasteiger partial charge >= 0.3 is 0 Å². The number of nitrogens with one attached hydrogen (secondary N) is 1. The van der Waals surface area contributed by atoms with E-state index < -0.39 is 0 Å². The number of imidazole rings is 1. The lowest BCUT2D eigenvalue weighted by molar-refractivity contribution is -0.127. The van der Waals surface area contributed by atoms with Gasteiger partial charge in [0.05, 0.1) is 6.33 Å². The molecule has 0 saturated carbocycles. The number of carbonyl (C=O) groups excluding carboxylic acids is 1. The van der Waals surface area contributed by atoms with E-state index in [1.54, 1.807) is 6.20 Å². The predicted molar refractivity (Wildman–Crippen MR) is 88.4 cm³/mol. The normalized spacial score (nSPS) is 18.8. The van der Waals surface area contributed by atoms with Gasteiger partial charge in [-0.05, 0) is 45.7 Å². The van der Waals surface area contributed by atoms with E-state index in [1.807, 2.05) is 17.1 Å². The summed E-state index contributed by atoms with van der Waals surface area (Å²) in [6, 6.07) is 0.735. The summed E-state index contributed by atoms with van der Waals surface area (Å²) in [6.07, 6.45) is 7.48. The highest BCUT2D eigenvalue weighted by Crippen LogP contribution is 2.19. The van der Waals surface area contributed by atoms with E-state index in [9.17, 15) is 4.79 Å². The second-order valence-corrected chi connectivity index (χ2v) is 7.02. The van der Waals surface area contributed by atoms with Crippen LogP contribution in [0.25, 0.3) is 0 Å². The summed E-state index contributed by atoms with van der Waals surface area (Å²) in [5.41, 5.74) is 0. The topological polar surface area (TPSA) is 50.2 Å². The Morgan fingerprint density at radius 3 is 2.45 bits per heavy atom. The smallest absolute Gasteiger partial charge is 0.223 e.